The van der Waals surface area contributed by atoms with Gasteiger partial charge in [0.25, 0.3) is 11.9 Å². The molecule has 0 aliphatic heterocycles. The van der Waals surface area contributed by atoms with Crippen LogP contribution in [0.3, 0.4) is 0 Å². The lowest BCUT2D eigenvalue weighted by Gasteiger charge is -2.22. The second-order valence-corrected chi connectivity index (χ2v) is 8.25. The number of halogens is 2. The number of nitrogens with zero attached hydrogens (tertiary/aromatic N) is 4. The fourth-order valence-electron chi connectivity index (χ4n) is 3.65. The van der Waals surface area contributed by atoms with E-state index in [0.29, 0.717) is 11.3 Å². The van der Waals surface area contributed by atoms with Crippen LogP contribution in [0.2, 0.25) is 0 Å². The van der Waals surface area contributed by atoms with E-state index in [1.54, 1.807) is 30.3 Å². The fraction of sp³-hybridized carbons (Fsp3) is 0.231. The number of carboxylic acids is 1. The highest BCUT2D eigenvalue weighted by Crippen LogP contribution is 2.44. The molecule has 2 aromatic heterocycles. The summed E-state index contributed by atoms with van der Waals surface area (Å²) in [7, 11) is 2.65. The number of alkyl halides is 1. The van der Waals surface area contributed by atoms with Crippen molar-refractivity contribution in [1.29, 1.82) is 5.41 Å². The normalized spacial score (nSPS) is 11.1. The van der Waals surface area contributed by atoms with Crippen LogP contribution in [-0.4, -0.2) is 69.1 Å². The number of hydrogen-bond acceptors (Lipinski definition) is 10. The first-order valence-corrected chi connectivity index (χ1v) is 12.1. The van der Waals surface area contributed by atoms with Gasteiger partial charge >= 0.3 is 5.69 Å². The number of nitrogen functional groups attached to an aromatic ring is 1. The molecule has 2 heterocycles. The van der Waals surface area contributed by atoms with E-state index >= 15 is 4.39 Å². The molecule has 0 saturated carbocycles. The van der Waals surface area contributed by atoms with Crippen LogP contribution in [0, 0.1) is 11.2 Å². The van der Waals surface area contributed by atoms with Crippen LogP contribution in [0.5, 0.6) is 17.2 Å². The van der Waals surface area contributed by atoms with Crippen molar-refractivity contribution in [3.63, 3.8) is 0 Å². The Morgan fingerprint density at radius 3 is 2.38 bits per heavy atom. The van der Waals surface area contributed by atoms with Gasteiger partial charge in [0.2, 0.25) is 11.5 Å². The average Bonchev–Trinajstić information content (AvgIpc) is 3.36. The zero-order valence-corrected chi connectivity index (χ0v) is 22.7. The predicted molar refractivity (Wildman–Crippen MR) is 147 cm³/mol. The van der Waals surface area contributed by atoms with Crippen LogP contribution >= 0.6 is 0 Å². The van der Waals surface area contributed by atoms with E-state index in [4.69, 9.17) is 35.3 Å². The Morgan fingerprint density at radius 1 is 1.19 bits per heavy atom. The highest BCUT2D eigenvalue weighted by atomic mass is 19.1. The molecule has 4 rings (SSSR count). The maximum absolute atomic E-state index is 16.0. The molecule has 0 saturated heterocycles. The van der Waals surface area contributed by atoms with E-state index in [2.05, 4.69) is 25.4 Å². The third-order valence-electron chi connectivity index (χ3n) is 5.39. The molecular weight excluding hydrogens is 558 g/mol. The van der Waals surface area contributed by atoms with Crippen LogP contribution in [0.15, 0.2) is 53.6 Å². The molecule has 42 heavy (non-hydrogen) atoms. The second kappa shape index (κ2) is 14.2. The molecular formula is C26H28F2N8O6. The Labute approximate surface area is 237 Å². The summed E-state index contributed by atoms with van der Waals surface area (Å²) in [5.41, 5.74) is 5.78. The number of methoxy groups -OCH3 is 2. The summed E-state index contributed by atoms with van der Waals surface area (Å²) in [6.07, 6.45) is 2.88. The summed E-state index contributed by atoms with van der Waals surface area (Å²) >= 11 is 0. The summed E-state index contributed by atoms with van der Waals surface area (Å²) in [6, 6.07) is 8.26. The number of nitrogens with two attached hydrogens (primary N) is 1. The molecule has 0 fully saturated rings. The quantitative estimate of drug-likeness (QED) is 0.128. The summed E-state index contributed by atoms with van der Waals surface area (Å²) < 4.78 is 45.8. The Kier molecular flexibility index (Phi) is 10.5. The van der Waals surface area contributed by atoms with Crippen molar-refractivity contribution in [3.8, 4) is 23.2 Å². The average molecular weight is 587 g/mol. The smallest absolute Gasteiger partial charge is 0.350 e. The highest BCUT2D eigenvalue weighted by Gasteiger charge is 2.30. The number of aromatic amines is 1. The number of aromatic nitrogens is 5. The van der Waals surface area contributed by atoms with Crippen LogP contribution in [-0.2, 0) is 4.79 Å². The van der Waals surface area contributed by atoms with Crippen molar-refractivity contribution < 1.29 is 32.9 Å². The molecule has 14 nitrogen and oxygen atoms in total. The SMILES string of the molecule is CC(=O)O.COc1cc(C(Nc2ccc(C(=N)N)cc2)c2nn(-c3ncccn3)c(=O)[nH]2)c(F)c(OCCF)c1OC. The summed E-state index contributed by atoms with van der Waals surface area (Å²) in [4.78, 5) is 32.4. The predicted octanol–water partition coefficient (Wildman–Crippen LogP) is 2.43. The van der Waals surface area contributed by atoms with E-state index in [1.807, 2.05) is 0 Å². The van der Waals surface area contributed by atoms with E-state index in [1.165, 1.54) is 32.7 Å². The number of rotatable bonds is 11. The third kappa shape index (κ3) is 7.35. The number of amidine groups is 1. The van der Waals surface area contributed by atoms with Crippen LogP contribution in [0.4, 0.5) is 14.5 Å². The lowest BCUT2D eigenvalue weighted by atomic mass is 10.0. The molecule has 1 unspecified atom stereocenters. The van der Waals surface area contributed by atoms with Crippen molar-refractivity contribution in [2.45, 2.75) is 13.0 Å². The van der Waals surface area contributed by atoms with Gasteiger partial charge in [-0.05, 0) is 36.4 Å². The van der Waals surface area contributed by atoms with Crippen molar-refractivity contribution >= 4 is 17.5 Å². The van der Waals surface area contributed by atoms with Gasteiger partial charge in [-0.1, -0.05) is 0 Å². The zero-order chi connectivity index (χ0) is 30.8. The zero-order valence-electron chi connectivity index (χ0n) is 22.7. The van der Waals surface area contributed by atoms with Gasteiger partial charge < -0.3 is 30.4 Å². The summed E-state index contributed by atoms with van der Waals surface area (Å²) in [5.74, 6) is -2.18. The number of nitrogens with one attached hydrogen (secondary N) is 3. The minimum Gasteiger partial charge on any atom is -0.493 e. The molecule has 0 bridgehead atoms. The molecule has 222 valence electrons. The Morgan fingerprint density at radius 2 is 1.83 bits per heavy atom. The molecule has 0 radical (unpaired) electrons. The second-order valence-electron chi connectivity index (χ2n) is 8.25. The van der Waals surface area contributed by atoms with Gasteiger partial charge in [0.1, 0.15) is 25.2 Å². The minimum absolute atomic E-state index is 0.000610. The number of aliphatic carboxylic acids is 1. The van der Waals surface area contributed by atoms with Crippen molar-refractivity contribution in [3.05, 3.63) is 82.0 Å². The first kappa shape index (κ1) is 31.0. The molecule has 2 aromatic carbocycles. The van der Waals surface area contributed by atoms with Gasteiger partial charge in [-0.25, -0.2) is 23.5 Å². The molecule has 16 heteroatoms. The van der Waals surface area contributed by atoms with Crippen LogP contribution in [0.1, 0.15) is 29.9 Å². The van der Waals surface area contributed by atoms with E-state index < -0.39 is 36.8 Å². The first-order chi connectivity index (χ1) is 20.1. The Bertz CT molecular complexity index is 1570. The standard InChI is InChI=1S/C24H24F2N8O4.C2H4O2/c1-36-16-12-15(17(26)20(19(16)37-2)38-11-8-25)18(31-14-6-4-13(5-7-14)21(27)28)22-32-24(35)34(33-22)23-29-9-3-10-30-23;1-2(3)4/h3-7,9-10,12,18,31H,8,11H2,1-2H3,(H3,27,28)(H,32,33,35);1H3,(H,3,4). The molecule has 6 N–H and O–H groups in total. The number of hydrogen-bond donors (Lipinski definition) is 5. The van der Waals surface area contributed by atoms with E-state index in [9.17, 15) is 9.18 Å². The van der Waals surface area contributed by atoms with Gasteiger partial charge in [0.15, 0.2) is 17.4 Å². The van der Waals surface area contributed by atoms with E-state index in [0.717, 1.165) is 11.6 Å². The number of ether oxygens (including phenoxy) is 3. The number of anilines is 1. The molecule has 0 aliphatic carbocycles. The maximum Gasteiger partial charge on any atom is 0.350 e. The largest absolute Gasteiger partial charge is 0.493 e. The summed E-state index contributed by atoms with van der Waals surface area (Å²) in [5, 5.41) is 22.4. The van der Waals surface area contributed by atoms with Crippen molar-refractivity contribution in [2.75, 3.05) is 32.8 Å². The molecule has 4 aromatic rings. The Hall–Kier alpha value is -5.54. The minimum atomic E-state index is -1.12. The highest BCUT2D eigenvalue weighted by molar-refractivity contribution is 5.95. The topological polar surface area (TPSA) is 203 Å². The summed E-state index contributed by atoms with van der Waals surface area (Å²) in [6.45, 7) is -0.213. The number of carboxylic acid groups (broad SMARTS) is 1. The molecule has 0 amide bonds. The number of benzene rings is 2. The number of H-pyrrole nitrogens is 1. The first-order valence-electron chi connectivity index (χ1n) is 12.1. The number of carbonyl (C=O) groups is 1. The van der Waals surface area contributed by atoms with Crippen molar-refractivity contribution in [2.24, 2.45) is 5.73 Å². The molecule has 0 spiro atoms. The van der Waals surface area contributed by atoms with Crippen LogP contribution < -0.4 is 31.0 Å². The monoisotopic (exact) mass is 586 g/mol. The van der Waals surface area contributed by atoms with Gasteiger partial charge in [-0.3, -0.25) is 15.2 Å². The van der Waals surface area contributed by atoms with Gasteiger partial charge in [-0.2, -0.15) is 0 Å². The van der Waals surface area contributed by atoms with Crippen LogP contribution in [0.25, 0.3) is 5.95 Å². The van der Waals surface area contributed by atoms with Gasteiger partial charge in [0.05, 0.1) is 14.2 Å². The van der Waals surface area contributed by atoms with Crippen molar-refractivity contribution in [1.82, 2.24) is 24.7 Å². The molecule has 1 atom stereocenters. The maximum atomic E-state index is 16.0. The molecule has 0 aliphatic rings. The Balaban J connectivity index is 0.00000114. The lowest BCUT2D eigenvalue weighted by Crippen LogP contribution is -2.18. The third-order valence-corrected chi connectivity index (χ3v) is 5.39. The van der Waals surface area contributed by atoms with Gasteiger partial charge in [0, 0.05) is 36.1 Å². The lowest BCUT2D eigenvalue weighted by molar-refractivity contribution is -0.134. The van der Waals surface area contributed by atoms with E-state index in [-0.39, 0.29) is 40.4 Å². The van der Waals surface area contributed by atoms with Gasteiger partial charge in [-0.15, -0.1) is 9.78 Å². The fourth-order valence-corrected chi connectivity index (χ4v) is 3.65.